The van der Waals surface area contributed by atoms with Crippen molar-refractivity contribution in [1.82, 2.24) is 0 Å². The van der Waals surface area contributed by atoms with E-state index in [2.05, 4.69) is 12.1 Å². The zero-order valence-corrected chi connectivity index (χ0v) is 18.1. The number of hydrogen-bond acceptors (Lipinski definition) is 6. The largest absolute Gasteiger partial charge is 0.493 e. The highest BCUT2D eigenvalue weighted by Crippen LogP contribution is 2.60. The normalized spacial score (nSPS) is 32.7. The van der Waals surface area contributed by atoms with Crippen LogP contribution in [-0.4, -0.2) is 28.3 Å². The fourth-order valence-corrected chi connectivity index (χ4v) is 6.51. The summed E-state index contributed by atoms with van der Waals surface area (Å²) < 4.78 is 33.4. The van der Waals surface area contributed by atoms with Crippen molar-refractivity contribution in [3.8, 4) is 11.5 Å². The highest BCUT2D eigenvalue weighted by atomic mass is 32.2. The SMILES string of the molecule is CO/N=C1/CC2C(CC[C@]3(C)CCCCC23)c2cc(OC)c(OS(N)(=O)=O)cc21. The fourth-order valence-electron chi connectivity index (χ4n) is 6.13. The van der Waals surface area contributed by atoms with Crippen molar-refractivity contribution in [2.75, 3.05) is 14.2 Å². The van der Waals surface area contributed by atoms with Crippen molar-refractivity contribution in [2.45, 2.75) is 57.8 Å². The van der Waals surface area contributed by atoms with Crippen molar-refractivity contribution in [2.24, 2.45) is 27.5 Å². The number of fused-ring (bicyclic) bond motifs is 5. The third-order valence-electron chi connectivity index (χ3n) is 7.35. The molecule has 0 aliphatic heterocycles. The molecule has 2 fully saturated rings. The number of rotatable bonds is 4. The summed E-state index contributed by atoms with van der Waals surface area (Å²) in [7, 11) is -1.13. The molecule has 160 valence electrons. The second kappa shape index (κ2) is 7.47. The van der Waals surface area contributed by atoms with Crippen LogP contribution in [0.2, 0.25) is 0 Å². The highest BCUT2D eigenvalue weighted by molar-refractivity contribution is 7.84. The Kier molecular flexibility index (Phi) is 5.27. The van der Waals surface area contributed by atoms with E-state index < -0.39 is 10.3 Å². The molecule has 8 heteroatoms. The van der Waals surface area contributed by atoms with E-state index >= 15 is 0 Å². The number of oxime groups is 1. The summed E-state index contributed by atoms with van der Waals surface area (Å²) in [6, 6.07) is 3.59. The van der Waals surface area contributed by atoms with Gasteiger partial charge in [0.1, 0.15) is 7.11 Å². The topological polar surface area (TPSA) is 100 Å². The summed E-state index contributed by atoms with van der Waals surface area (Å²) in [4.78, 5) is 5.15. The first-order chi connectivity index (χ1) is 13.8. The van der Waals surface area contributed by atoms with Crippen molar-refractivity contribution >= 4 is 16.0 Å². The molecule has 29 heavy (non-hydrogen) atoms. The van der Waals surface area contributed by atoms with Crippen molar-refractivity contribution < 1.29 is 22.2 Å². The molecular formula is C21H30N2O5S. The maximum Gasteiger partial charge on any atom is 0.380 e. The van der Waals surface area contributed by atoms with Gasteiger partial charge in [-0.25, -0.2) is 0 Å². The van der Waals surface area contributed by atoms with Gasteiger partial charge in [-0.3, -0.25) is 0 Å². The molecule has 1 aromatic carbocycles. The Balaban J connectivity index is 1.82. The van der Waals surface area contributed by atoms with Crippen molar-refractivity contribution in [3.05, 3.63) is 23.3 Å². The van der Waals surface area contributed by atoms with Crippen LogP contribution < -0.4 is 14.1 Å². The Morgan fingerprint density at radius 1 is 1.14 bits per heavy atom. The molecule has 4 atom stereocenters. The van der Waals surface area contributed by atoms with E-state index in [0.717, 1.165) is 29.7 Å². The first kappa shape index (κ1) is 20.5. The molecule has 0 bridgehead atoms. The second-order valence-electron chi connectivity index (χ2n) is 8.91. The van der Waals surface area contributed by atoms with Crippen molar-refractivity contribution in [1.29, 1.82) is 0 Å². The lowest BCUT2D eigenvalue weighted by molar-refractivity contribution is 0.00370. The van der Waals surface area contributed by atoms with E-state index in [1.54, 1.807) is 6.07 Å². The maximum absolute atomic E-state index is 11.5. The van der Waals surface area contributed by atoms with E-state index in [4.69, 9.17) is 18.9 Å². The summed E-state index contributed by atoms with van der Waals surface area (Å²) in [6.07, 6.45) is 8.33. The Labute approximate surface area is 172 Å². The Hall–Kier alpha value is -1.80. The fraction of sp³-hybridized carbons (Fsp3) is 0.667. The molecular weight excluding hydrogens is 392 g/mol. The molecule has 2 N–H and O–H groups in total. The first-order valence-corrected chi connectivity index (χ1v) is 11.8. The van der Waals surface area contributed by atoms with Crippen LogP contribution in [-0.2, 0) is 15.1 Å². The molecule has 4 rings (SSSR count). The predicted octanol–water partition coefficient (Wildman–Crippen LogP) is 3.72. The Bertz CT molecular complexity index is 929. The van der Waals surface area contributed by atoms with E-state index in [-0.39, 0.29) is 5.75 Å². The number of methoxy groups -OCH3 is 1. The van der Waals surface area contributed by atoms with Crippen LogP contribution in [0.4, 0.5) is 0 Å². The van der Waals surface area contributed by atoms with E-state index in [1.807, 2.05) is 6.07 Å². The van der Waals surface area contributed by atoms with Gasteiger partial charge in [0.05, 0.1) is 12.8 Å². The van der Waals surface area contributed by atoms with Crippen LogP contribution in [0, 0.1) is 17.3 Å². The molecule has 0 saturated heterocycles. The molecule has 0 radical (unpaired) electrons. The lowest BCUT2D eigenvalue weighted by Gasteiger charge is -2.54. The van der Waals surface area contributed by atoms with Crippen LogP contribution >= 0.6 is 0 Å². The lowest BCUT2D eigenvalue weighted by Crippen LogP contribution is -2.45. The lowest BCUT2D eigenvalue weighted by atomic mass is 9.50. The quantitative estimate of drug-likeness (QED) is 0.745. The van der Waals surface area contributed by atoms with Gasteiger partial charge in [-0.1, -0.05) is 24.9 Å². The molecule has 1 aromatic rings. The van der Waals surface area contributed by atoms with Gasteiger partial charge in [-0.15, -0.1) is 0 Å². The molecule has 3 unspecified atom stereocenters. The molecule has 0 heterocycles. The number of benzene rings is 1. The minimum Gasteiger partial charge on any atom is -0.493 e. The van der Waals surface area contributed by atoms with Crippen LogP contribution in [0.15, 0.2) is 17.3 Å². The molecule has 3 aliphatic rings. The monoisotopic (exact) mass is 422 g/mol. The number of nitrogens with two attached hydrogens (primary N) is 1. The summed E-state index contributed by atoms with van der Waals surface area (Å²) >= 11 is 0. The molecule has 2 saturated carbocycles. The zero-order valence-electron chi connectivity index (χ0n) is 17.3. The number of nitrogens with zero attached hydrogens (tertiary/aromatic N) is 1. The van der Waals surface area contributed by atoms with Gasteiger partial charge < -0.3 is 13.8 Å². The van der Waals surface area contributed by atoms with E-state index in [9.17, 15) is 8.42 Å². The predicted molar refractivity (Wildman–Crippen MR) is 110 cm³/mol. The molecule has 3 aliphatic carbocycles. The number of ether oxygens (including phenoxy) is 1. The first-order valence-electron chi connectivity index (χ1n) is 10.3. The van der Waals surface area contributed by atoms with Crippen LogP contribution in [0.1, 0.15) is 68.9 Å². The third-order valence-corrected chi connectivity index (χ3v) is 7.76. The van der Waals surface area contributed by atoms with E-state index in [0.29, 0.717) is 28.9 Å². The van der Waals surface area contributed by atoms with Gasteiger partial charge in [-0.05, 0) is 73.0 Å². The number of hydrogen-bond donors (Lipinski definition) is 1. The summed E-state index contributed by atoms with van der Waals surface area (Å²) in [5.74, 6) is 2.01. The summed E-state index contributed by atoms with van der Waals surface area (Å²) in [6.45, 7) is 2.46. The summed E-state index contributed by atoms with van der Waals surface area (Å²) in [5.41, 5.74) is 3.24. The molecule has 7 nitrogen and oxygen atoms in total. The molecule has 0 aromatic heterocycles. The van der Waals surface area contributed by atoms with E-state index in [1.165, 1.54) is 46.3 Å². The minimum absolute atomic E-state index is 0.0781. The minimum atomic E-state index is -4.16. The van der Waals surface area contributed by atoms with Gasteiger partial charge in [0.25, 0.3) is 0 Å². The van der Waals surface area contributed by atoms with Gasteiger partial charge in [-0.2, -0.15) is 13.6 Å². The third kappa shape index (κ3) is 3.72. The molecule has 0 spiro atoms. The summed E-state index contributed by atoms with van der Waals surface area (Å²) in [5, 5.41) is 9.40. The molecule has 0 amide bonds. The standard InChI is InChI=1S/C21H30N2O5S/c1-21-8-5-4-6-17(21)15-10-18(23-27-3)16-12-20(28-29(22,24)25)19(26-2)11-14(16)13(15)7-9-21/h11-13,15,17H,4-10H2,1-3H3,(H2,22,24,25)/b23-18-/t13?,15?,17?,21-/m0/s1. The van der Waals surface area contributed by atoms with Gasteiger partial charge in [0, 0.05) is 5.56 Å². The Morgan fingerprint density at radius 2 is 1.93 bits per heavy atom. The average molecular weight is 423 g/mol. The Morgan fingerprint density at radius 3 is 2.62 bits per heavy atom. The van der Waals surface area contributed by atoms with Crippen LogP contribution in [0.5, 0.6) is 11.5 Å². The highest BCUT2D eigenvalue weighted by Gasteiger charge is 2.50. The van der Waals surface area contributed by atoms with Crippen molar-refractivity contribution in [3.63, 3.8) is 0 Å². The smallest absolute Gasteiger partial charge is 0.380 e. The average Bonchev–Trinajstić information content (AvgIpc) is 2.66. The van der Waals surface area contributed by atoms with Gasteiger partial charge in [0.15, 0.2) is 11.5 Å². The maximum atomic E-state index is 11.5. The second-order valence-corrected chi connectivity index (χ2v) is 10.1. The van der Waals surface area contributed by atoms with Crippen LogP contribution in [0.25, 0.3) is 0 Å². The van der Waals surface area contributed by atoms with Gasteiger partial charge in [0.2, 0.25) is 0 Å². The zero-order chi connectivity index (χ0) is 20.8. The van der Waals surface area contributed by atoms with Gasteiger partial charge >= 0.3 is 10.3 Å². The van der Waals surface area contributed by atoms with Crippen LogP contribution in [0.3, 0.4) is 0 Å².